The predicted octanol–water partition coefficient (Wildman–Crippen LogP) is 4.45. The third-order valence-corrected chi connectivity index (χ3v) is 6.78. The van der Waals surface area contributed by atoms with Crippen LogP contribution in [-0.2, 0) is 4.79 Å². The molecule has 0 radical (unpaired) electrons. The maximum atomic E-state index is 14.7. The van der Waals surface area contributed by atoms with Gasteiger partial charge in [0.2, 0.25) is 5.91 Å². The smallest absolute Gasteiger partial charge is 0.223 e. The third kappa shape index (κ3) is 3.90. The van der Waals surface area contributed by atoms with Gasteiger partial charge in [0.05, 0.1) is 23.4 Å². The van der Waals surface area contributed by atoms with Crippen LogP contribution >= 0.6 is 11.6 Å². The molecule has 5 nitrogen and oxygen atoms in total. The van der Waals surface area contributed by atoms with E-state index in [0.717, 1.165) is 31.7 Å². The van der Waals surface area contributed by atoms with Crippen molar-refractivity contribution in [2.24, 2.45) is 17.8 Å². The van der Waals surface area contributed by atoms with E-state index in [1.165, 1.54) is 12.3 Å². The molecule has 0 bridgehead atoms. The van der Waals surface area contributed by atoms with Crippen LogP contribution in [0.4, 0.5) is 8.78 Å². The fraction of sp³-hybridized carbons (Fsp3) is 0.524. The van der Waals surface area contributed by atoms with Crippen molar-refractivity contribution >= 4 is 17.5 Å². The molecule has 2 aliphatic carbocycles. The maximum absolute atomic E-state index is 14.7. The highest BCUT2D eigenvalue weighted by atomic mass is 35.5. The number of hydrogen-bond acceptors (Lipinski definition) is 3. The van der Waals surface area contributed by atoms with E-state index in [2.05, 4.69) is 15.5 Å². The van der Waals surface area contributed by atoms with Crippen LogP contribution in [0.1, 0.15) is 61.8 Å². The molecule has 2 fully saturated rings. The molecule has 1 aromatic heterocycles. The van der Waals surface area contributed by atoms with Crippen LogP contribution in [0.3, 0.4) is 0 Å². The number of amides is 1. The summed E-state index contributed by atoms with van der Waals surface area (Å²) in [7, 11) is 0. The van der Waals surface area contributed by atoms with Crippen molar-refractivity contribution in [2.45, 2.75) is 50.7 Å². The number of hydrogen-bond donors (Lipinski definition) is 3. The van der Waals surface area contributed by atoms with E-state index in [1.807, 2.05) is 0 Å². The second-order valence-corrected chi connectivity index (χ2v) is 8.52. The topological polar surface area (TPSA) is 78.0 Å². The van der Waals surface area contributed by atoms with Gasteiger partial charge in [-0.1, -0.05) is 24.4 Å². The van der Waals surface area contributed by atoms with Gasteiger partial charge in [0.1, 0.15) is 11.6 Å². The highest BCUT2D eigenvalue weighted by Crippen LogP contribution is 2.44. The molecule has 29 heavy (non-hydrogen) atoms. The van der Waals surface area contributed by atoms with Gasteiger partial charge in [-0.3, -0.25) is 9.89 Å². The standard InChI is InChI=1S/C21H24ClF2N3O2/c22-15-7-8-16(23)17(18(15)24)19(11-3-1-2-4-11)27-21(29)14-6-5-13(14)20(28)12-9-25-26-10-12/h7-11,13-14,19-20,28H,1-6H2,(H,25,26)(H,27,29)/t13-,14+,19-,20?/m0/s1. The van der Waals surface area contributed by atoms with Gasteiger partial charge in [0.15, 0.2) is 0 Å². The van der Waals surface area contributed by atoms with Crippen molar-refractivity contribution in [3.8, 4) is 0 Å². The van der Waals surface area contributed by atoms with E-state index in [-0.39, 0.29) is 28.3 Å². The summed E-state index contributed by atoms with van der Waals surface area (Å²) in [5, 5.41) is 19.8. The molecule has 156 valence electrons. The summed E-state index contributed by atoms with van der Waals surface area (Å²) in [4.78, 5) is 13.0. The Morgan fingerprint density at radius 2 is 2.00 bits per heavy atom. The Bertz CT molecular complexity index is 871. The fourth-order valence-electron chi connectivity index (χ4n) is 4.70. The Balaban J connectivity index is 1.55. The highest BCUT2D eigenvalue weighted by Gasteiger charge is 2.43. The number of nitrogens with zero attached hydrogens (tertiary/aromatic N) is 1. The number of carbonyl (C=O) groups is 1. The van der Waals surface area contributed by atoms with Crippen LogP contribution in [0.2, 0.25) is 5.02 Å². The largest absolute Gasteiger partial charge is 0.388 e. The monoisotopic (exact) mass is 423 g/mol. The first kappa shape index (κ1) is 20.3. The lowest BCUT2D eigenvalue weighted by molar-refractivity contribution is -0.135. The SMILES string of the molecule is O=C(N[C@H](c1c(F)ccc(Cl)c1F)C1CCCC1)[C@@H]1CC[C@@H]1C(O)c1cn[nH]c1. The van der Waals surface area contributed by atoms with Crippen molar-refractivity contribution in [1.82, 2.24) is 15.5 Å². The molecule has 1 aromatic carbocycles. The average Bonchev–Trinajstić information content (AvgIpc) is 3.37. The number of rotatable bonds is 6. The second kappa shape index (κ2) is 8.40. The molecule has 1 heterocycles. The van der Waals surface area contributed by atoms with Crippen LogP contribution in [0.5, 0.6) is 0 Å². The van der Waals surface area contributed by atoms with Gasteiger partial charge >= 0.3 is 0 Å². The van der Waals surface area contributed by atoms with Gasteiger partial charge < -0.3 is 10.4 Å². The van der Waals surface area contributed by atoms with E-state index >= 15 is 0 Å². The molecule has 3 N–H and O–H groups in total. The number of aromatic nitrogens is 2. The van der Waals surface area contributed by atoms with E-state index < -0.39 is 29.7 Å². The molecular formula is C21H24ClF2N3O2. The number of aliphatic hydroxyl groups is 1. The van der Waals surface area contributed by atoms with Crippen molar-refractivity contribution in [3.63, 3.8) is 0 Å². The summed E-state index contributed by atoms with van der Waals surface area (Å²) in [6.45, 7) is 0. The quantitative estimate of drug-likeness (QED) is 0.601. The first-order valence-corrected chi connectivity index (χ1v) is 10.5. The van der Waals surface area contributed by atoms with Gasteiger partial charge in [-0.05, 0) is 43.7 Å². The number of benzene rings is 1. The second-order valence-electron chi connectivity index (χ2n) is 8.11. The molecule has 4 rings (SSSR count). The van der Waals surface area contributed by atoms with E-state index in [1.54, 1.807) is 6.20 Å². The zero-order chi connectivity index (χ0) is 20.5. The molecule has 2 aliphatic rings. The summed E-state index contributed by atoms with van der Waals surface area (Å²) in [5.74, 6) is -2.49. The van der Waals surface area contributed by atoms with Crippen molar-refractivity contribution in [2.75, 3.05) is 0 Å². The van der Waals surface area contributed by atoms with Crippen molar-refractivity contribution < 1.29 is 18.7 Å². The van der Waals surface area contributed by atoms with Crippen LogP contribution < -0.4 is 5.32 Å². The maximum Gasteiger partial charge on any atom is 0.223 e. The van der Waals surface area contributed by atoms with Gasteiger partial charge in [0.25, 0.3) is 0 Å². The van der Waals surface area contributed by atoms with Crippen LogP contribution in [0.15, 0.2) is 24.5 Å². The van der Waals surface area contributed by atoms with Crippen molar-refractivity contribution in [1.29, 1.82) is 0 Å². The summed E-state index contributed by atoms with van der Waals surface area (Å²) in [5.41, 5.74) is 0.468. The Kier molecular flexibility index (Phi) is 5.88. The van der Waals surface area contributed by atoms with E-state index in [4.69, 9.17) is 11.6 Å². The lowest BCUT2D eigenvalue weighted by Gasteiger charge is -2.39. The molecule has 0 aliphatic heterocycles. The lowest BCUT2D eigenvalue weighted by Crippen LogP contribution is -2.45. The number of aliphatic hydroxyl groups excluding tert-OH is 1. The number of aromatic amines is 1. The van der Waals surface area contributed by atoms with Crippen LogP contribution in [-0.4, -0.2) is 21.2 Å². The average molecular weight is 424 g/mol. The summed E-state index contributed by atoms with van der Waals surface area (Å²) < 4.78 is 29.3. The molecule has 1 amide bonds. The first-order chi connectivity index (χ1) is 14.0. The summed E-state index contributed by atoms with van der Waals surface area (Å²) in [6, 6.07) is 1.56. The number of halogens is 3. The van der Waals surface area contributed by atoms with Crippen LogP contribution in [0, 0.1) is 29.4 Å². The zero-order valence-electron chi connectivity index (χ0n) is 15.9. The van der Waals surface area contributed by atoms with Gasteiger partial charge in [0, 0.05) is 29.2 Å². The van der Waals surface area contributed by atoms with Gasteiger partial charge in [-0.15, -0.1) is 0 Å². The number of nitrogens with one attached hydrogen (secondary N) is 2. The van der Waals surface area contributed by atoms with Gasteiger partial charge in [-0.2, -0.15) is 5.10 Å². The van der Waals surface area contributed by atoms with E-state index in [0.29, 0.717) is 18.4 Å². The Labute approximate surface area is 172 Å². The molecule has 4 atom stereocenters. The Morgan fingerprint density at radius 3 is 2.62 bits per heavy atom. The Hall–Kier alpha value is -1.99. The molecule has 0 spiro atoms. The molecule has 2 saturated carbocycles. The number of carbonyl (C=O) groups excluding carboxylic acids is 1. The molecule has 2 aromatic rings. The van der Waals surface area contributed by atoms with Gasteiger partial charge in [-0.25, -0.2) is 8.78 Å². The molecule has 1 unspecified atom stereocenters. The minimum absolute atomic E-state index is 0.0428. The minimum atomic E-state index is -0.813. The Morgan fingerprint density at radius 1 is 1.24 bits per heavy atom. The molecule has 8 heteroatoms. The normalized spacial score (nSPS) is 24.1. The third-order valence-electron chi connectivity index (χ3n) is 6.49. The lowest BCUT2D eigenvalue weighted by atomic mass is 9.69. The predicted molar refractivity (Wildman–Crippen MR) is 104 cm³/mol. The van der Waals surface area contributed by atoms with Crippen LogP contribution in [0.25, 0.3) is 0 Å². The number of H-pyrrole nitrogens is 1. The first-order valence-electron chi connectivity index (χ1n) is 10.1. The van der Waals surface area contributed by atoms with E-state index in [9.17, 15) is 18.7 Å². The minimum Gasteiger partial charge on any atom is -0.388 e. The summed E-state index contributed by atoms with van der Waals surface area (Å²) >= 11 is 5.90. The highest BCUT2D eigenvalue weighted by molar-refractivity contribution is 6.30. The molecular weight excluding hydrogens is 400 g/mol. The van der Waals surface area contributed by atoms with Crippen molar-refractivity contribution in [3.05, 3.63) is 52.3 Å². The summed E-state index contributed by atoms with van der Waals surface area (Å²) in [6.07, 6.45) is 7.19. The zero-order valence-corrected chi connectivity index (χ0v) is 16.6. The molecule has 0 saturated heterocycles. The fourth-order valence-corrected chi connectivity index (χ4v) is 4.87.